The maximum Gasteiger partial charge on any atom is 0.270 e. The Bertz CT molecular complexity index is 1070. The van der Waals surface area contributed by atoms with Crippen LogP contribution < -0.4 is 5.56 Å². The SMILES string of the molecule is Cc1[nH]n(Cc2ccccc2)c(=O)c1[C@H](c1cccc(Cl)c1)C(C#N)C#N. The van der Waals surface area contributed by atoms with Gasteiger partial charge in [0.2, 0.25) is 0 Å². The predicted octanol–water partition coefficient (Wildman–Crippen LogP) is 3.98. The summed E-state index contributed by atoms with van der Waals surface area (Å²) in [5.41, 5.74) is 2.46. The maximum absolute atomic E-state index is 13.1. The highest BCUT2D eigenvalue weighted by Gasteiger charge is 2.31. The van der Waals surface area contributed by atoms with Crippen LogP contribution in [0.25, 0.3) is 0 Å². The molecule has 0 fully saturated rings. The monoisotopic (exact) mass is 376 g/mol. The van der Waals surface area contributed by atoms with Crippen LogP contribution in [-0.2, 0) is 6.54 Å². The number of aryl methyl sites for hydroxylation is 1. The minimum absolute atomic E-state index is 0.239. The van der Waals surface area contributed by atoms with E-state index in [4.69, 9.17) is 11.6 Å². The molecule has 6 heteroatoms. The molecule has 134 valence electrons. The third-order valence-electron chi connectivity index (χ3n) is 4.50. The number of aromatic amines is 1. The lowest BCUT2D eigenvalue weighted by atomic mass is 9.82. The topological polar surface area (TPSA) is 85.4 Å². The Morgan fingerprint density at radius 2 is 1.81 bits per heavy atom. The Morgan fingerprint density at radius 3 is 2.44 bits per heavy atom. The fraction of sp³-hybridized carbons (Fsp3) is 0.190. The van der Waals surface area contributed by atoms with Gasteiger partial charge < -0.3 is 0 Å². The van der Waals surface area contributed by atoms with Crippen LogP contribution >= 0.6 is 11.6 Å². The van der Waals surface area contributed by atoms with Crippen molar-refractivity contribution < 1.29 is 0 Å². The molecule has 0 unspecified atom stereocenters. The van der Waals surface area contributed by atoms with Gasteiger partial charge in [-0.15, -0.1) is 0 Å². The van der Waals surface area contributed by atoms with Crippen molar-refractivity contribution in [2.24, 2.45) is 5.92 Å². The molecule has 1 N–H and O–H groups in total. The standard InChI is InChI=1S/C21H17ClN4O/c1-14-19(21(27)26(25-14)13-15-6-3-2-4-7-15)20(17(11-23)12-24)16-8-5-9-18(22)10-16/h2-10,17,20,25H,13H2,1H3/t20-/m1/s1. The molecule has 0 aliphatic rings. The lowest BCUT2D eigenvalue weighted by Crippen LogP contribution is -2.24. The Labute approximate surface area is 162 Å². The van der Waals surface area contributed by atoms with E-state index < -0.39 is 11.8 Å². The van der Waals surface area contributed by atoms with Gasteiger partial charge in [-0.05, 0) is 30.2 Å². The quantitative estimate of drug-likeness (QED) is 0.730. The normalized spacial score (nSPS) is 11.7. The lowest BCUT2D eigenvalue weighted by molar-refractivity contribution is 0.650. The third-order valence-corrected chi connectivity index (χ3v) is 4.73. The highest BCUT2D eigenvalue weighted by atomic mass is 35.5. The van der Waals surface area contributed by atoms with Crippen LogP contribution in [0.5, 0.6) is 0 Å². The number of halogens is 1. The molecule has 0 bridgehead atoms. The van der Waals surface area contributed by atoms with E-state index in [-0.39, 0.29) is 5.56 Å². The summed E-state index contributed by atoms with van der Waals surface area (Å²) >= 11 is 6.10. The number of nitrogens with zero attached hydrogens (tertiary/aromatic N) is 3. The first-order valence-corrected chi connectivity index (χ1v) is 8.81. The zero-order valence-electron chi connectivity index (χ0n) is 14.7. The predicted molar refractivity (Wildman–Crippen MR) is 103 cm³/mol. The first-order valence-electron chi connectivity index (χ1n) is 8.43. The van der Waals surface area contributed by atoms with Crippen molar-refractivity contribution >= 4 is 11.6 Å². The van der Waals surface area contributed by atoms with Gasteiger partial charge >= 0.3 is 0 Å². The van der Waals surface area contributed by atoms with Gasteiger partial charge in [0.1, 0.15) is 5.92 Å². The van der Waals surface area contributed by atoms with Gasteiger partial charge in [0, 0.05) is 22.2 Å². The molecule has 1 atom stereocenters. The lowest BCUT2D eigenvalue weighted by Gasteiger charge is -2.17. The summed E-state index contributed by atoms with van der Waals surface area (Å²) in [6.07, 6.45) is 0. The number of benzene rings is 2. The third kappa shape index (κ3) is 3.79. The van der Waals surface area contributed by atoms with Crippen LogP contribution in [0.15, 0.2) is 59.4 Å². The fourth-order valence-electron chi connectivity index (χ4n) is 3.27. The molecule has 0 aliphatic carbocycles. The molecule has 1 heterocycles. The second-order valence-electron chi connectivity index (χ2n) is 6.30. The zero-order valence-corrected chi connectivity index (χ0v) is 15.4. The van der Waals surface area contributed by atoms with Crippen LogP contribution in [0, 0.1) is 35.5 Å². The number of aromatic nitrogens is 2. The Kier molecular flexibility index (Phi) is 5.45. The van der Waals surface area contributed by atoms with E-state index in [1.165, 1.54) is 4.68 Å². The molecular formula is C21H17ClN4O. The second kappa shape index (κ2) is 7.95. The van der Waals surface area contributed by atoms with Gasteiger partial charge in [-0.1, -0.05) is 54.1 Å². The molecule has 5 nitrogen and oxygen atoms in total. The molecule has 1 aromatic heterocycles. The van der Waals surface area contributed by atoms with Gasteiger partial charge in [-0.25, -0.2) is 4.68 Å². The van der Waals surface area contributed by atoms with Gasteiger partial charge in [0.25, 0.3) is 5.56 Å². The molecule has 0 spiro atoms. The average Bonchev–Trinajstić information content (AvgIpc) is 2.94. The number of rotatable bonds is 5. The van der Waals surface area contributed by atoms with Crippen LogP contribution in [0.1, 0.15) is 28.3 Å². The van der Waals surface area contributed by atoms with Crippen LogP contribution in [0.2, 0.25) is 5.02 Å². The molecule has 3 aromatic rings. The highest BCUT2D eigenvalue weighted by molar-refractivity contribution is 6.30. The summed E-state index contributed by atoms with van der Waals surface area (Å²) in [4.78, 5) is 13.1. The summed E-state index contributed by atoms with van der Waals surface area (Å²) in [6.45, 7) is 2.16. The summed E-state index contributed by atoms with van der Waals surface area (Å²) in [5.74, 6) is -1.68. The second-order valence-corrected chi connectivity index (χ2v) is 6.73. The first kappa shape index (κ1) is 18.5. The average molecular weight is 377 g/mol. The van der Waals surface area contributed by atoms with Crippen molar-refractivity contribution in [3.8, 4) is 12.1 Å². The van der Waals surface area contributed by atoms with Crippen LogP contribution in [-0.4, -0.2) is 9.78 Å². The van der Waals surface area contributed by atoms with E-state index in [9.17, 15) is 15.3 Å². The maximum atomic E-state index is 13.1. The van der Waals surface area contributed by atoms with E-state index in [1.807, 2.05) is 42.5 Å². The number of nitriles is 2. The van der Waals surface area contributed by atoms with Crippen LogP contribution in [0.3, 0.4) is 0 Å². The zero-order chi connectivity index (χ0) is 19.4. The Hall–Kier alpha value is -3.28. The number of hydrogen-bond acceptors (Lipinski definition) is 3. The fourth-order valence-corrected chi connectivity index (χ4v) is 3.47. The van der Waals surface area contributed by atoms with Crippen molar-refractivity contribution in [2.75, 3.05) is 0 Å². The number of nitrogens with one attached hydrogen (secondary N) is 1. The largest absolute Gasteiger partial charge is 0.299 e. The summed E-state index contributed by atoms with van der Waals surface area (Å²) in [5, 5.41) is 22.5. The van der Waals surface area contributed by atoms with Gasteiger partial charge in [-0.3, -0.25) is 9.89 Å². The number of hydrogen-bond donors (Lipinski definition) is 1. The van der Waals surface area contributed by atoms with E-state index in [0.29, 0.717) is 28.4 Å². The smallest absolute Gasteiger partial charge is 0.270 e. The molecule has 0 saturated carbocycles. The van der Waals surface area contributed by atoms with Crippen molar-refractivity contribution in [1.82, 2.24) is 9.78 Å². The molecule has 27 heavy (non-hydrogen) atoms. The molecule has 0 radical (unpaired) electrons. The molecule has 0 aliphatic heterocycles. The van der Waals surface area contributed by atoms with Gasteiger partial charge in [0.15, 0.2) is 0 Å². The minimum Gasteiger partial charge on any atom is -0.299 e. The summed E-state index contributed by atoms with van der Waals surface area (Å²) in [7, 11) is 0. The molecule has 2 aromatic carbocycles. The van der Waals surface area contributed by atoms with Gasteiger partial charge in [0.05, 0.1) is 18.7 Å². The molecule has 0 amide bonds. The number of H-pyrrole nitrogens is 1. The highest BCUT2D eigenvalue weighted by Crippen LogP contribution is 2.32. The van der Waals surface area contributed by atoms with E-state index >= 15 is 0 Å². The van der Waals surface area contributed by atoms with E-state index in [2.05, 4.69) is 5.10 Å². The molecule has 0 saturated heterocycles. The van der Waals surface area contributed by atoms with Crippen LogP contribution in [0.4, 0.5) is 0 Å². The van der Waals surface area contributed by atoms with E-state index in [1.54, 1.807) is 31.2 Å². The first-order chi connectivity index (χ1) is 13.0. The summed E-state index contributed by atoms with van der Waals surface area (Å²) in [6, 6.07) is 20.6. The minimum atomic E-state index is -1.00. The molecule has 3 rings (SSSR count). The Balaban J connectivity index is 2.12. The van der Waals surface area contributed by atoms with Gasteiger partial charge in [-0.2, -0.15) is 10.5 Å². The van der Waals surface area contributed by atoms with Crippen molar-refractivity contribution in [3.63, 3.8) is 0 Å². The van der Waals surface area contributed by atoms with E-state index in [0.717, 1.165) is 5.56 Å². The Morgan fingerprint density at radius 1 is 1.11 bits per heavy atom. The van der Waals surface area contributed by atoms with Crippen molar-refractivity contribution in [2.45, 2.75) is 19.4 Å². The van der Waals surface area contributed by atoms with Crippen molar-refractivity contribution in [3.05, 3.63) is 92.4 Å². The summed E-state index contributed by atoms with van der Waals surface area (Å²) < 4.78 is 1.50. The van der Waals surface area contributed by atoms with Crippen molar-refractivity contribution in [1.29, 1.82) is 10.5 Å². The molecular weight excluding hydrogens is 360 g/mol.